The summed E-state index contributed by atoms with van der Waals surface area (Å²) in [5.74, 6) is -0.723. The van der Waals surface area contributed by atoms with E-state index in [1.807, 2.05) is 13.8 Å². The molecule has 0 aliphatic heterocycles. The number of nitrogens with two attached hydrogens (primary N) is 1. The summed E-state index contributed by atoms with van der Waals surface area (Å²) >= 11 is 0. The second kappa shape index (κ2) is 8.60. The fraction of sp³-hybridized carbons (Fsp3) is 0.500. The van der Waals surface area contributed by atoms with Gasteiger partial charge in [-0.3, -0.25) is 19.0 Å². The number of aromatic nitrogens is 4. The molecule has 0 saturated heterocycles. The van der Waals surface area contributed by atoms with Crippen LogP contribution in [0.2, 0.25) is 0 Å². The first-order valence-corrected chi connectivity index (χ1v) is 11.0. The van der Waals surface area contributed by atoms with Gasteiger partial charge in [0.05, 0.1) is 10.9 Å². The van der Waals surface area contributed by atoms with Crippen LogP contribution in [0.15, 0.2) is 27.8 Å². The molecule has 1 aliphatic carbocycles. The highest BCUT2D eigenvalue weighted by atomic mass is 16.2. The number of hydrogen-bond donors (Lipinski definition) is 2. The van der Waals surface area contributed by atoms with Crippen LogP contribution in [0.4, 0.5) is 0 Å². The zero-order valence-electron chi connectivity index (χ0n) is 18.3. The van der Waals surface area contributed by atoms with Crippen LogP contribution < -0.4 is 22.3 Å². The molecular weight excluding hydrogens is 412 g/mol. The van der Waals surface area contributed by atoms with E-state index >= 15 is 0 Å². The number of amides is 2. The van der Waals surface area contributed by atoms with E-state index in [9.17, 15) is 19.2 Å². The highest BCUT2D eigenvalue weighted by molar-refractivity contribution is 5.98. The molecule has 2 aromatic heterocycles. The predicted octanol–water partition coefficient (Wildman–Crippen LogP) is 1.01. The lowest BCUT2D eigenvalue weighted by atomic mass is 9.95. The Morgan fingerprint density at radius 2 is 1.91 bits per heavy atom. The fourth-order valence-electron chi connectivity index (χ4n) is 4.35. The maximum absolute atomic E-state index is 13.2. The quantitative estimate of drug-likeness (QED) is 0.590. The topological polar surface area (TPSA) is 133 Å². The lowest BCUT2D eigenvalue weighted by Crippen LogP contribution is -2.36. The Morgan fingerprint density at radius 3 is 2.56 bits per heavy atom. The zero-order chi connectivity index (χ0) is 23.0. The van der Waals surface area contributed by atoms with Crippen LogP contribution in [-0.4, -0.2) is 36.6 Å². The zero-order valence-corrected chi connectivity index (χ0v) is 18.3. The van der Waals surface area contributed by atoms with Gasteiger partial charge in [-0.05, 0) is 37.0 Å². The van der Waals surface area contributed by atoms with Crippen molar-refractivity contribution in [2.24, 2.45) is 11.7 Å². The highest BCUT2D eigenvalue weighted by Gasteiger charge is 2.21. The minimum absolute atomic E-state index is 0.117. The van der Waals surface area contributed by atoms with E-state index in [0.29, 0.717) is 17.5 Å². The summed E-state index contributed by atoms with van der Waals surface area (Å²) in [7, 11) is 0. The van der Waals surface area contributed by atoms with Crippen LogP contribution in [-0.2, 0) is 17.9 Å². The third-order valence-electron chi connectivity index (χ3n) is 5.83. The highest BCUT2D eigenvalue weighted by Crippen LogP contribution is 2.19. The average molecular weight is 441 g/mol. The first-order chi connectivity index (χ1) is 15.3. The van der Waals surface area contributed by atoms with Crippen LogP contribution in [0.25, 0.3) is 16.7 Å². The van der Waals surface area contributed by atoms with E-state index in [1.165, 1.54) is 15.4 Å². The number of carbonyl (C=O) groups is 2. The summed E-state index contributed by atoms with van der Waals surface area (Å²) in [5, 5.41) is 7.57. The Hall–Kier alpha value is -3.43. The van der Waals surface area contributed by atoms with Crippen molar-refractivity contribution in [1.29, 1.82) is 0 Å². The number of nitrogens with one attached hydrogen (secondary N) is 1. The molecule has 1 aromatic carbocycles. The number of hydrogen-bond acceptors (Lipinski definition) is 5. The Labute approximate surface area is 184 Å². The number of carbonyl (C=O) groups excluding carboxylic acids is 2. The number of rotatable bonds is 6. The molecule has 4 rings (SSSR count). The minimum atomic E-state index is -0.717. The molecule has 2 amide bonds. The van der Waals surface area contributed by atoms with Gasteiger partial charge in [-0.15, -0.1) is 5.10 Å². The Kier molecular flexibility index (Phi) is 5.86. The van der Waals surface area contributed by atoms with E-state index in [2.05, 4.69) is 10.4 Å². The lowest BCUT2D eigenvalue weighted by molar-refractivity contribution is -0.118. The Balaban J connectivity index is 1.89. The molecule has 170 valence electrons. The monoisotopic (exact) mass is 440 g/mol. The first kappa shape index (κ1) is 21.8. The number of nitrogens with zero attached hydrogens (tertiary/aromatic N) is 4. The first-order valence-electron chi connectivity index (χ1n) is 11.0. The van der Waals surface area contributed by atoms with Crippen molar-refractivity contribution in [2.75, 3.05) is 0 Å². The molecule has 10 heteroatoms. The van der Waals surface area contributed by atoms with Gasteiger partial charge in [0.1, 0.15) is 6.54 Å². The maximum Gasteiger partial charge on any atom is 0.352 e. The molecule has 1 saturated carbocycles. The van der Waals surface area contributed by atoms with E-state index in [-0.39, 0.29) is 34.7 Å². The normalized spacial score (nSPS) is 15.0. The van der Waals surface area contributed by atoms with E-state index in [1.54, 1.807) is 18.2 Å². The van der Waals surface area contributed by atoms with Crippen molar-refractivity contribution in [3.8, 4) is 0 Å². The van der Waals surface area contributed by atoms with Gasteiger partial charge in [-0.2, -0.15) is 0 Å². The van der Waals surface area contributed by atoms with Gasteiger partial charge in [0, 0.05) is 18.2 Å². The van der Waals surface area contributed by atoms with Gasteiger partial charge in [0.2, 0.25) is 11.7 Å². The van der Waals surface area contributed by atoms with Crippen molar-refractivity contribution in [3.63, 3.8) is 0 Å². The molecule has 0 radical (unpaired) electrons. The SMILES string of the molecule is CC(C)Cn1c(=O)c2ccc(C(=O)NC3CCCCC3)cc2n2c(=O)n(CC(N)=O)nc12. The van der Waals surface area contributed by atoms with E-state index in [0.717, 1.165) is 30.4 Å². The summed E-state index contributed by atoms with van der Waals surface area (Å²) in [4.78, 5) is 50.6. The van der Waals surface area contributed by atoms with Crippen LogP contribution in [0, 0.1) is 5.92 Å². The van der Waals surface area contributed by atoms with Crippen molar-refractivity contribution in [1.82, 2.24) is 24.1 Å². The second-order valence-corrected chi connectivity index (χ2v) is 8.89. The average Bonchev–Trinajstić information content (AvgIpc) is 3.06. The van der Waals surface area contributed by atoms with Crippen molar-refractivity contribution in [2.45, 2.75) is 65.1 Å². The summed E-state index contributed by atoms with van der Waals surface area (Å²) < 4.78 is 3.65. The third-order valence-corrected chi connectivity index (χ3v) is 5.83. The minimum Gasteiger partial charge on any atom is -0.368 e. The Bertz CT molecular complexity index is 1310. The summed E-state index contributed by atoms with van der Waals surface area (Å²) in [5.41, 5.74) is 5.00. The third kappa shape index (κ3) is 4.04. The largest absolute Gasteiger partial charge is 0.368 e. The summed E-state index contributed by atoms with van der Waals surface area (Å²) in [6, 6.07) is 4.85. The molecular formula is C22H28N6O4. The smallest absolute Gasteiger partial charge is 0.352 e. The van der Waals surface area contributed by atoms with E-state index < -0.39 is 18.1 Å². The van der Waals surface area contributed by atoms with Gasteiger partial charge in [-0.25, -0.2) is 13.9 Å². The fourth-order valence-corrected chi connectivity index (χ4v) is 4.35. The second-order valence-electron chi connectivity index (χ2n) is 8.89. The van der Waals surface area contributed by atoms with Crippen LogP contribution in [0.3, 0.4) is 0 Å². The van der Waals surface area contributed by atoms with Gasteiger partial charge in [0.25, 0.3) is 11.5 Å². The summed E-state index contributed by atoms with van der Waals surface area (Å²) in [6.45, 7) is 3.84. The van der Waals surface area contributed by atoms with Crippen LogP contribution in [0.1, 0.15) is 56.3 Å². The molecule has 32 heavy (non-hydrogen) atoms. The lowest BCUT2D eigenvalue weighted by Gasteiger charge is -2.22. The molecule has 3 N–H and O–H groups in total. The van der Waals surface area contributed by atoms with Crippen molar-refractivity contribution < 1.29 is 9.59 Å². The van der Waals surface area contributed by atoms with E-state index in [4.69, 9.17) is 5.73 Å². The number of primary amides is 1. The predicted molar refractivity (Wildman–Crippen MR) is 120 cm³/mol. The molecule has 1 fully saturated rings. The molecule has 2 heterocycles. The standard InChI is InChI=1S/C22H28N6O4/c1-13(2)11-26-20(31)16-9-8-14(19(30)24-15-6-4-3-5-7-15)10-17(16)28-21(26)25-27(22(28)32)12-18(23)29/h8-10,13,15H,3-7,11-12H2,1-2H3,(H2,23,29)(H,24,30). The van der Waals surface area contributed by atoms with Crippen LogP contribution >= 0.6 is 0 Å². The maximum atomic E-state index is 13.2. The molecule has 0 spiro atoms. The molecule has 3 aromatic rings. The van der Waals surface area contributed by atoms with Crippen molar-refractivity contribution >= 4 is 28.5 Å². The molecule has 0 unspecified atom stereocenters. The Morgan fingerprint density at radius 1 is 1.19 bits per heavy atom. The van der Waals surface area contributed by atoms with Gasteiger partial charge in [-0.1, -0.05) is 33.1 Å². The number of benzene rings is 1. The molecule has 0 atom stereocenters. The summed E-state index contributed by atoms with van der Waals surface area (Å²) in [6.07, 6.45) is 5.26. The number of fused-ring (bicyclic) bond motifs is 3. The molecule has 10 nitrogen and oxygen atoms in total. The van der Waals surface area contributed by atoms with Gasteiger partial charge < -0.3 is 11.1 Å². The van der Waals surface area contributed by atoms with Crippen LogP contribution in [0.5, 0.6) is 0 Å². The van der Waals surface area contributed by atoms with Gasteiger partial charge in [0.15, 0.2) is 0 Å². The van der Waals surface area contributed by atoms with Crippen molar-refractivity contribution in [3.05, 3.63) is 44.6 Å². The van der Waals surface area contributed by atoms with Gasteiger partial charge >= 0.3 is 5.69 Å². The molecule has 0 bridgehead atoms. The molecule has 1 aliphatic rings.